The lowest BCUT2D eigenvalue weighted by molar-refractivity contribution is -0.150. The van der Waals surface area contributed by atoms with E-state index in [-0.39, 0.29) is 6.29 Å². The normalized spacial score (nSPS) is 32.2. The summed E-state index contributed by atoms with van der Waals surface area (Å²) in [6.07, 6.45) is 24.9. The standard InChI is InChI=1S/C10H20O2.C10H18O.C10H18.C7H14O2.C6H12O2/c1-3-5-6-11-7-10(4-2)8-12-9-10;1-3-7(2)8-4-5-9-10(6-8)11-9;1-2-3-8-4-5-9-7-10(9)6-8;1-2-3-4-8-5-7-6-9-7;1-2-3-4-7-6-5-8-6/h3-9H2,1-2H3;7-10H,3-6H2,1-2H3;8-10H,2-7H2,1H3;7H,2-6H2,1H3;6H,2-5H2,1H3. The van der Waals surface area contributed by atoms with Crippen LogP contribution in [0, 0.1) is 35.0 Å². The van der Waals surface area contributed by atoms with Crippen LogP contribution in [0.25, 0.3) is 0 Å². The van der Waals surface area contributed by atoms with Crippen LogP contribution in [-0.4, -0.2) is 84.1 Å². The SMILES string of the molecule is CCC(C)C1CCC2OC2C1.CCCC1CCC2CC2C1.CCCCOC1CO1.CCCCOCC1(CC)COC1.CCCCOCC1CO1. The summed E-state index contributed by atoms with van der Waals surface area (Å²) >= 11 is 0. The van der Waals surface area contributed by atoms with Crippen molar-refractivity contribution in [1.82, 2.24) is 0 Å². The van der Waals surface area contributed by atoms with E-state index < -0.39 is 0 Å². The molecule has 0 bridgehead atoms. The largest absolute Gasteiger partial charge is 0.381 e. The first-order chi connectivity index (χ1) is 24.4. The van der Waals surface area contributed by atoms with E-state index >= 15 is 0 Å². The summed E-state index contributed by atoms with van der Waals surface area (Å²) in [5.41, 5.74) is 0.369. The third-order valence-electron chi connectivity index (χ3n) is 11.9. The lowest BCUT2D eigenvalue weighted by atomic mass is 9.80. The fraction of sp³-hybridized carbons (Fsp3) is 1.00. The Labute approximate surface area is 309 Å². The van der Waals surface area contributed by atoms with Crippen LogP contribution in [0.15, 0.2) is 0 Å². The molecule has 7 fully saturated rings. The Balaban J connectivity index is 0.000000170. The van der Waals surface area contributed by atoms with Gasteiger partial charge in [-0.25, -0.2) is 0 Å². The molecule has 296 valence electrons. The van der Waals surface area contributed by atoms with E-state index in [1.54, 1.807) is 25.7 Å². The van der Waals surface area contributed by atoms with E-state index in [1.807, 2.05) is 0 Å². The summed E-state index contributed by atoms with van der Waals surface area (Å²) in [6, 6.07) is 0. The van der Waals surface area contributed by atoms with Gasteiger partial charge in [0.2, 0.25) is 0 Å². The van der Waals surface area contributed by atoms with Crippen LogP contribution in [0.4, 0.5) is 0 Å². The predicted octanol–water partition coefficient (Wildman–Crippen LogP) is 10.4. The zero-order valence-corrected chi connectivity index (χ0v) is 33.9. The van der Waals surface area contributed by atoms with Gasteiger partial charge >= 0.3 is 0 Å². The summed E-state index contributed by atoms with van der Waals surface area (Å²) in [5.74, 6) is 5.37. The number of ether oxygens (including phenoxy) is 7. The van der Waals surface area contributed by atoms with Crippen molar-refractivity contribution in [2.45, 2.75) is 182 Å². The van der Waals surface area contributed by atoms with Gasteiger partial charge in [0.05, 0.1) is 45.2 Å². The molecule has 0 amide bonds. The molecule has 0 spiro atoms. The van der Waals surface area contributed by atoms with Gasteiger partial charge in [-0.3, -0.25) is 0 Å². The Morgan fingerprint density at radius 3 is 1.94 bits per heavy atom. The molecule has 0 aromatic rings. The Morgan fingerprint density at radius 2 is 1.40 bits per heavy atom. The zero-order valence-electron chi connectivity index (χ0n) is 33.9. The summed E-state index contributed by atoms with van der Waals surface area (Å²) < 4.78 is 36.5. The van der Waals surface area contributed by atoms with E-state index in [9.17, 15) is 0 Å². The van der Waals surface area contributed by atoms with Crippen LogP contribution in [0.3, 0.4) is 0 Å². The van der Waals surface area contributed by atoms with Gasteiger partial charge < -0.3 is 33.2 Å². The second-order valence-electron chi connectivity index (χ2n) is 16.5. The van der Waals surface area contributed by atoms with Gasteiger partial charge in [-0.2, -0.15) is 0 Å². The van der Waals surface area contributed by atoms with Crippen LogP contribution < -0.4 is 0 Å². The van der Waals surface area contributed by atoms with Gasteiger partial charge in [-0.1, -0.05) is 93.4 Å². The number of hydrogen-bond donors (Lipinski definition) is 0. The molecule has 0 N–H and O–H groups in total. The summed E-state index contributed by atoms with van der Waals surface area (Å²) in [4.78, 5) is 0. The molecule has 4 aliphatic heterocycles. The highest BCUT2D eigenvalue weighted by Gasteiger charge is 2.44. The molecule has 9 atom stereocenters. The highest BCUT2D eigenvalue weighted by Crippen LogP contribution is 2.52. The minimum Gasteiger partial charge on any atom is -0.381 e. The Kier molecular flexibility index (Phi) is 22.7. The summed E-state index contributed by atoms with van der Waals surface area (Å²) in [7, 11) is 0. The molecule has 3 saturated carbocycles. The van der Waals surface area contributed by atoms with Gasteiger partial charge in [0, 0.05) is 25.2 Å². The fourth-order valence-electron chi connectivity index (χ4n) is 7.34. The maximum atomic E-state index is 5.59. The quantitative estimate of drug-likeness (QED) is 0.0976. The van der Waals surface area contributed by atoms with Crippen molar-refractivity contribution in [2.75, 3.05) is 59.5 Å². The highest BCUT2D eigenvalue weighted by molar-refractivity contribution is 4.93. The predicted molar refractivity (Wildman–Crippen MR) is 205 cm³/mol. The average molecular weight is 711 g/mol. The van der Waals surface area contributed by atoms with Crippen LogP contribution in [0.1, 0.15) is 158 Å². The summed E-state index contributed by atoms with van der Waals surface area (Å²) in [5, 5.41) is 0. The third kappa shape index (κ3) is 19.2. The number of rotatable bonds is 19. The number of unbranched alkanes of at least 4 members (excludes halogenated alkanes) is 3. The molecule has 9 unspecified atom stereocenters. The van der Waals surface area contributed by atoms with Crippen molar-refractivity contribution in [2.24, 2.45) is 35.0 Å². The molecule has 0 aromatic heterocycles. The van der Waals surface area contributed by atoms with Gasteiger partial charge in [-0.05, 0) is 93.8 Å². The maximum absolute atomic E-state index is 5.59. The Bertz CT molecular complexity index is 808. The third-order valence-corrected chi connectivity index (χ3v) is 11.9. The van der Waals surface area contributed by atoms with E-state index in [0.717, 1.165) is 83.6 Å². The average Bonchev–Trinajstić information content (AvgIpc) is 3.91. The van der Waals surface area contributed by atoms with E-state index in [0.29, 0.717) is 23.7 Å². The molecule has 7 heteroatoms. The molecule has 4 heterocycles. The molecule has 3 aliphatic carbocycles. The molecule has 0 aromatic carbocycles. The van der Waals surface area contributed by atoms with Crippen LogP contribution in [0.5, 0.6) is 0 Å². The number of epoxide rings is 3. The van der Waals surface area contributed by atoms with Crippen LogP contribution >= 0.6 is 0 Å². The fourth-order valence-corrected chi connectivity index (χ4v) is 7.34. The van der Waals surface area contributed by atoms with Gasteiger partial charge in [-0.15, -0.1) is 0 Å². The van der Waals surface area contributed by atoms with Crippen molar-refractivity contribution in [1.29, 1.82) is 0 Å². The minimum absolute atomic E-state index is 0.154. The van der Waals surface area contributed by atoms with Crippen molar-refractivity contribution < 1.29 is 33.2 Å². The Hall–Kier alpha value is -0.280. The molecule has 0 radical (unpaired) electrons. The second kappa shape index (κ2) is 25.7. The van der Waals surface area contributed by atoms with E-state index in [4.69, 9.17) is 33.2 Å². The first-order valence-electron chi connectivity index (χ1n) is 21.6. The molecule has 4 saturated heterocycles. The molecule has 7 nitrogen and oxygen atoms in total. The lowest BCUT2D eigenvalue weighted by Crippen LogP contribution is -2.45. The first kappa shape index (κ1) is 44.1. The topological polar surface area (TPSA) is 74.5 Å². The smallest absolute Gasteiger partial charge is 0.181 e. The van der Waals surface area contributed by atoms with Crippen molar-refractivity contribution >= 4 is 0 Å². The summed E-state index contributed by atoms with van der Waals surface area (Å²) in [6.45, 7) is 23.6. The monoisotopic (exact) mass is 711 g/mol. The maximum Gasteiger partial charge on any atom is 0.181 e. The van der Waals surface area contributed by atoms with Gasteiger partial charge in [0.1, 0.15) is 12.7 Å². The van der Waals surface area contributed by atoms with Gasteiger partial charge in [0.15, 0.2) is 6.29 Å². The van der Waals surface area contributed by atoms with Gasteiger partial charge in [0.25, 0.3) is 0 Å². The zero-order chi connectivity index (χ0) is 36.0. The van der Waals surface area contributed by atoms with Crippen LogP contribution in [-0.2, 0) is 33.2 Å². The van der Waals surface area contributed by atoms with Crippen LogP contribution in [0.2, 0.25) is 0 Å². The van der Waals surface area contributed by atoms with E-state index in [1.165, 1.54) is 88.9 Å². The number of fused-ring (bicyclic) bond motifs is 2. The van der Waals surface area contributed by atoms with Crippen molar-refractivity contribution in [3.63, 3.8) is 0 Å². The first-order valence-corrected chi connectivity index (χ1v) is 21.6. The highest BCUT2D eigenvalue weighted by atomic mass is 16.8. The minimum atomic E-state index is 0.154. The lowest BCUT2D eigenvalue weighted by Gasteiger charge is -2.40. The molecular weight excluding hydrogens is 628 g/mol. The second-order valence-corrected chi connectivity index (χ2v) is 16.5. The van der Waals surface area contributed by atoms with Crippen molar-refractivity contribution in [3.05, 3.63) is 0 Å². The van der Waals surface area contributed by atoms with Crippen molar-refractivity contribution in [3.8, 4) is 0 Å². The van der Waals surface area contributed by atoms with E-state index in [2.05, 4.69) is 48.5 Å². The molecule has 7 aliphatic rings. The number of hydrogen-bond acceptors (Lipinski definition) is 7. The molecule has 50 heavy (non-hydrogen) atoms. The Morgan fingerprint density at radius 1 is 0.700 bits per heavy atom. The molecular formula is C43H82O7. The molecule has 7 rings (SSSR count).